The molecule has 7 nitrogen and oxygen atoms in total. The minimum atomic E-state index is -0.645. The molecule has 2 rings (SSSR count). The topological polar surface area (TPSA) is 94.8 Å². The molecule has 1 amide bonds. The van der Waals surface area contributed by atoms with Crippen LogP contribution in [-0.2, 0) is 20.9 Å². The number of carbonyl (C=O) groups is 3. The van der Waals surface area contributed by atoms with Crippen LogP contribution in [-0.4, -0.2) is 31.5 Å². The van der Waals surface area contributed by atoms with Gasteiger partial charge in [0.05, 0.1) is 7.11 Å². The van der Waals surface area contributed by atoms with Crippen molar-refractivity contribution >= 4 is 29.4 Å². The molecule has 0 atom stereocenters. The first-order valence-electron chi connectivity index (χ1n) is 6.86. The van der Waals surface area contributed by atoms with Gasteiger partial charge in [-0.3, -0.25) is 9.59 Å². The van der Waals surface area contributed by atoms with Gasteiger partial charge in [-0.15, -0.1) is 0 Å². The highest BCUT2D eigenvalue weighted by Gasteiger charge is 2.13. The standard InChI is InChI=1S/C16H14ClNO6/c1-22-16(21)13-7-6-12(24-13)9-23-14(19)8-18-15(20)10-2-4-11(17)5-3-10/h2-7H,8-9H2,1H3,(H,18,20). The fourth-order valence-electron chi connectivity index (χ4n) is 1.72. The number of amides is 1. The Morgan fingerprint density at radius 2 is 1.83 bits per heavy atom. The number of methoxy groups -OCH3 is 1. The third kappa shape index (κ3) is 4.85. The first-order valence-corrected chi connectivity index (χ1v) is 7.24. The molecule has 1 N–H and O–H groups in total. The summed E-state index contributed by atoms with van der Waals surface area (Å²) >= 11 is 5.73. The highest BCUT2D eigenvalue weighted by Crippen LogP contribution is 2.11. The number of furan rings is 1. The normalized spacial score (nSPS) is 10.1. The molecule has 0 saturated heterocycles. The van der Waals surface area contributed by atoms with Crippen LogP contribution in [0.2, 0.25) is 5.02 Å². The van der Waals surface area contributed by atoms with E-state index in [9.17, 15) is 14.4 Å². The van der Waals surface area contributed by atoms with Crippen molar-refractivity contribution in [1.29, 1.82) is 0 Å². The lowest BCUT2D eigenvalue weighted by molar-refractivity contribution is -0.144. The van der Waals surface area contributed by atoms with Crippen molar-refractivity contribution in [2.24, 2.45) is 0 Å². The average Bonchev–Trinajstić information content (AvgIpc) is 3.06. The second-order valence-corrected chi connectivity index (χ2v) is 5.04. The first-order chi connectivity index (χ1) is 11.5. The number of carbonyl (C=O) groups excluding carboxylic acids is 3. The maximum atomic E-state index is 11.8. The number of hydrogen-bond donors (Lipinski definition) is 1. The Kier molecular flexibility index (Phi) is 5.97. The van der Waals surface area contributed by atoms with E-state index in [-0.39, 0.29) is 24.7 Å². The molecule has 0 saturated carbocycles. The molecule has 24 heavy (non-hydrogen) atoms. The van der Waals surface area contributed by atoms with E-state index in [1.807, 2.05) is 0 Å². The second-order valence-electron chi connectivity index (χ2n) is 4.61. The van der Waals surface area contributed by atoms with Gasteiger partial charge < -0.3 is 19.2 Å². The van der Waals surface area contributed by atoms with Gasteiger partial charge in [0.1, 0.15) is 18.9 Å². The van der Waals surface area contributed by atoms with Crippen molar-refractivity contribution in [1.82, 2.24) is 5.32 Å². The van der Waals surface area contributed by atoms with E-state index in [0.717, 1.165) is 0 Å². The molecule has 1 heterocycles. The van der Waals surface area contributed by atoms with Crippen LogP contribution in [0.3, 0.4) is 0 Å². The molecular weight excluding hydrogens is 338 g/mol. The number of hydrogen-bond acceptors (Lipinski definition) is 6. The molecule has 0 aliphatic rings. The minimum Gasteiger partial charge on any atom is -0.463 e. The lowest BCUT2D eigenvalue weighted by Gasteiger charge is -2.05. The molecule has 1 aromatic heterocycles. The van der Waals surface area contributed by atoms with Crippen LogP contribution in [0.5, 0.6) is 0 Å². The summed E-state index contributed by atoms with van der Waals surface area (Å²) < 4.78 is 14.6. The Balaban J connectivity index is 1.77. The third-order valence-electron chi connectivity index (χ3n) is 2.92. The SMILES string of the molecule is COC(=O)c1ccc(COC(=O)CNC(=O)c2ccc(Cl)cc2)o1. The van der Waals surface area contributed by atoms with E-state index in [1.165, 1.54) is 19.2 Å². The van der Waals surface area contributed by atoms with E-state index >= 15 is 0 Å². The summed E-state index contributed by atoms with van der Waals surface area (Å²) in [7, 11) is 1.23. The van der Waals surface area contributed by atoms with Crippen LogP contribution in [0, 0.1) is 0 Å². The van der Waals surface area contributed by atoms with Gasteiger partial charge in [0.15, 0.2) is 0 Å². The molecule has 1 aromatic carbocycles. The van der Waals surface area contributed by atoms with Gasteiger partial charge in [-0.1, -0.05) is 11.6 Å². The Labute approximate surface area is 142 Å². The van der Waals surface area contributed by atoms with Crippen molar-refractivity contribution < 1.29 is 28.3 Å². The van der Waals surface area contributed by atoms with Crippen molar-refractivity contribution in [3.8, 4) is 0 Å². The number of halogens is 1. The number of ether oxygens (including phenoxy) is 2. The number of esters is 2. The van der Waals surface area contributed by atoms with Crippen LogP contribution in [0.15, 0.2) is 40.8 Å². The molecule has 0 spiro atoms. The summed E-state index contributed by atoms with van der Waals surface area (Å²) in [4.78, 5) is 34.6. The van der Waals surface area contributed by atoms with Gasteiger partial charge in [0.2, 0.25) is 5.76 Å². The monoisotopic (exact) mass is 351 g/mol. The zero-order valence-electron chi connectivity index (χ0n) is 12.7. The van der Waals surface area contributed by atoms with Crippen LogP contribution < -0.4 is 5.32 Å². The van der Waals surface area contributed by atoms with E-state index in [0.29, 0.717) is 10.6 Å². The van der Waals surface area contributed by atoms with Crippen LogP contribution in [0.1, 0.15) is 26.7 Å². The highest BCUT2D eigenvalue weighted by molar-refractivity contribution is 6.30. The molecule has 0 unspecified atom stereocenters. The summed E-state index contributed by atoms with van der Waals surface area (Å²) in [5, 5.41) is 2.94. The number of nitrogens with one attached hydrogen (secondary N) is 1. The van der Waals surface area contributed by atoms with Gasteiger partial charge in [-0.05, 0) is 36.4 Å². The van der Waals surface area contributed by atoms with Gasteiger partial charge in [0.25, 0.3) is 5.91 Å². The Bertz CT molecular complexity index is 737. The van der Waals surface area contributed by atoms with E-state index in [1.54, 1.807) is 24.3 Å². The minimum absolute atomic E-state index is 0.0135. The summed E-state index contributed by atoms with van der Waals surface area (Å²) in [5.74, 6) is -1.39. The van der Waals surface area contributed by atoms with Gasteiger partial charge in [-0.25, -0.2) is 4.79 Å². The maximum absolute atomic E-state index is 11.8. The summed E-state index contributed by atoms with van der Waals surface area (Å²) in [6, 6.07) is 9.14. The fraction of sp³-hybridized carbons (Fsp3) is 0.188. The highest BCUT2D eigenvalue weighted by atomic mass is 35.5. The number of benzene rings is 1. The summed E-state index contributed by atoms with van der Waals surface area (Å²) in [6.07, 6.45) is 0. The lowest BCUT2D eigenvalue weighted by atomic mass is 10.2. The maximum Gasteiger partial charge on any atom is 0.373 e. The number of rotatable bonds is 6. The summed E-state index contributed by atoms with van der Waals surface area (Å²) in [5.41, 5.74) is 0.376. The van der Waals surface area contributed by atoms with E-state index in [4.69, 9.17) is 20.8 Å². The fourth-order valence-corrected chi connectivity index (χ4v) is 1.85. The summed E-state index contributed by atoms with van der Waals surface area (Å²) in [6.45, 7) is -0.460. The molecule has 0 fully saturated rings. The third-order valence-corrected chi connectivity index (χ3v) is 3.18. The molecule has 8 heteroatoms. The molecule has 0 bridgehead atoms. The molecule has 0 aliphatic heterocycles. The molecule has 2 aromatic rings. The Morgan fingerprint density at radius 1 is 1.12 bits per heavy atom. The molecule has 0 radical (unpaired) electrons. The van der Waals surface area contributed by atoms with Crippen LogP contribution >= 0.6 is 11.6 Å². The zero-order valence-corrected chi connectivity index (χ0v) is 13.5. The quantitative estimate of drug-likeness (QED) is 0.802. The van der Waals surface area contributed by atoms with Crippen LogP contribution in [0.25, 0.3) is 0 Å². The Hall–Kier alpha value is -2.80. The van der Waals surface area contributed by atoms with Gasteiger partial charge in [-0.2, -0.15) is 0 Å². The lowest BCUT2D eigenvalue weighted by Crippen LogP contribution is -2.30. The van der Waals surface area contributed by atoms with E-state index < -0.39 is 17.8 Å². The predicted molar refractivity (Wildman–Crippen MR) is 83.6 cm³/mol. The molecular formula is C16H14ClNO6. The van der Waals surface area contributed by atoms with Crippen molar-refractivity contribution in [2.45, 2.75) is 6.61 Å². The van der Waals surface area contributed by atoms with Crippen LogP contribution in [0.4, 0.5) is 0 Å². The Morgan fingerprint density at radius 3 is 2.50 bits per heavy atom. The average molecular weight is 352 g/mol. The van der Waals surface area contributed by atoms with E-state index in [2.05, 4.69) is 10.1 Å². The van der Waals surface area contributed by atoms with Gasteiger partial charge in [0, 0.05) is 10.6 Å². The van der Waals surface area contributed by atoms with Crippen molar-refractivity contribution in [2.75, 3.05) is 13.7 Å². The van der Waals surface area contributed by atoms with Gasteiger partial charge >= 0.3 is 11.9 Å². The van der Waals surface area contributed by atoms with Crippen molar-refractivity contribution in [3.05, 3.63) is 58.5 Å². The zero-order chi connectivity index (χ0) is 17.5. The molecule has 0 aliphatic carbocycles. The largest absolute Gasteiger partial charge is 0.463 e. The molecule has 126 valence electrons. The smallest absolute Gasteiger partial charge is 0.373 e. The predicted octanol–water partition coefficient (Wildman–Crippen LogP) is 2.19. The second kappa shape index (κ2) is 8.16. The van der Waals surface area contributed by atoms with Crippen molar-refractivity contribution in [3.63, 3.8) is 0 Å². The first kappa shape index (κ1) is 17.6.